The lowest BCUT2D eigenvalue weighted by Crippen LogP contribution is -2.06. The summed E-state index contributed by atoms with van der Waals surface area (Å²) in [6.45, 7) is -0.522. The number of anilines is 1. The lowest BCUT2D eigenvalue weighted by atomic mass is 10.4. The van der Waals surface area contributed by atoms with E-state index < -0.39 is 12.3 Å². The highest BCUT2D eigenvalue weighted by atomic mass is 19.1. The van der Waals surface area contributed by atoms with Crippen LogP contribution in [0.1, 0.15) is 6.42 Å². The van der Waals surface area contributed by atoms with Crippen LogP contribution in [0.25, 0.3) is 17.4 Å². The van der Waals surface area contributed by atoms with Gasteiger partial charge in [-0.25, -0.2) is 9.37 Å². The third-order valence-corrected chi connectivity index (χ3v) is 3.07. The Kier molecular flexibility index (Phi) is 2.42. The van der Waals surface area contributed by atoms with Crippen molar-refractivity contribution >= 4 is 23.3 Å². The van der Waals surface area contributed by atoms with E-state index in [4.69, 9.17) is 15.6 Å². The minimum Gasteiger partial charge on any atom is -0.479 e. The number of hydrogen-bond donors (Lipinski definition) is 2. The van der Waals surface area contributed by atoms with Crippen molar-refractivity contribution < 1.29 is 14.2 Å². The zero-order valence-corrected chi connectivity index (χ0v) is 10.2. The quantitative estimate of drug-likeness (QED) is 0.831. The molecular formula is C11H12FN5O2. The summed E-state index contributed by atoms with van der Waals surface area (Å²) in [5.74, 6) is 0.318. The maximum Gasteiger partial charge on any atom is 0.246 e. The van der Waals surface area contributed by atoms with Crippen molar-refractivity contribution in [3.8, 4) is 5.88 Å². The molecule has 100 valence electrons. The molecule has 1 atom stereocenters. The van der Waals surface area contributed by atoms with Gasteiger partial charge in [0.15, 0.2) is 16.8 Å². The summed E-state index contributed by atoms with van der Waals surface area (Å²) in [5.41, 5.74) is 5.34. The minimum absolute atomic E-state index is 0.0500. The van der Waals surface area contributed by atoms with Crippen LogP contribution in [-0.2, 0) is 0 Å². The summed E-state index contributed by atoms with van der Waals surface area (Å²) >= 11 is 0. The van der Waals surface area contributed by atoms with Gasteiger partial charge in [-0.3, -0.25) is 4.57 Å². The average Bonchev–Trinajstić information content (AvgIpc) is 2.87. The average molecular weight is 265 g/mol. The van der Waals surface area contributed by atoms with Crippen molar-refractivity contribution in [3.63, 3.8) is 0 Å². The van der Waals surface area contributed by atoms with Gasteiger partial charge < -0.3 is 15.6 Å². The summed E-state index contributed by atoms with van der Waals surface area (Å²) in [6.07, 6.45) is 3.24. The Morgan fingerprint density at radius 1 is 1.63 bits per heavy atom. The van der Waals surface area contributed by atoms with E-state index in [-0.39, 0.29) is 18.2 Å². The van der Waals surface area contributed by atoms with Crippen LogP contribution in [0.3, 0.4) is 0 Å². The largest absolute Gasteiger partial charge is 0.479 e. The van der Waals surface area contributed by atoms with Gasteiger partial charge in [0.25, 0.3) is 0 Å². The molecule has 1 saturated carbocycles. The number of aliphatic hydroxyl groups excluding tert-OH is 1. The fraction of sp³-hybridized carbons (Fsp3) is 0.364. The molecule has 1 unspecified atom stereocenters. The number of ether oxygens (including phenoxy) is 1. The molecule has 0 spiro atoms. The number of nitrogens with zero attached hydrogens (tertiary/aromatic N) is 4. The van der Waals surface area contributed by atoms with E-state index in [0.29, 0.717) is 16.7 Å². The van der Waals surface area contributed by atoms with Crippen LogP contribution in [0.15, 0.2) is 11.9 Å². The second kappa shape index (κ2) is 3.89. The van der Waals surface area contributed by atoms with Gasteiger partial charge in [0, 0.05) is 12.6 Å². The molecule has 0 aliphatic heterocycles. The third kappa shape index (κ3) is 1.80. The minimum atomic E-state index is -1.61. The molecule has 0 bridgehead atoms. The first-order chi connectivity index (χ1) is 9.07. The van der Waals surface area contributed by atoms with Gasteiger partial charge in [-0.1, -0.05) is 0 Å². The number of aromatic nitrogens is 4. The SMILES string of the molecule is COc1nc(N)nc2c1ncn2/C=C1/CC1(F)CO. The highest BCUT2D eigenvalue weighted by molar-refractivity contribution is 5.79. The number of hydrogen-bond acceptors (Lipinski definition) is 6. The molecular weight excluding hydrogens is 253 g/mol. The van der Waals surface area contributed by atoms with Crippen molar-refractivity contribution in [2.75, 3.05) is 19.5 Å². The van der Waals surface area contributed by atoms with E-state index in [9.17, 15) is 4.39 Å². The number of imidazole rings is 1. The van der Waals surface area contributed by atoms with Crippen LogP contribution >= 0.6 is 0 Å². The van der Waals surface area contributed by atoms with Crippen LogP contribution in [-0.4, -0.2) is 44.0 Å². The van der Waals surface area contributed by atoms with Crippen molar-refractivity contribution in [1.29, 1.82) is 0 Å². The summed E-state index contributed by atoms with van der Waals surface area (Å²) in [5, 5.41) is 8.90. The molecule has 0 amide bonds. The molecule has 3 N–H and O–H groups in total. The molecule has 2 heterocycles. The van der Waals surface area contributed by atoms with Crippen LogP contribution in [0.5, 0.6) is 5.88 Å². The number of fused-ring (bicyclic) bond motifs is 1. The molecule has 2 aromatic rings. The predicted molar refractivity (Wildman–Crippen MR) is 66.1 cm³/mol. The highest BCUT2D eigenvalue weighted by Gasteiger charge is 2.49. The zero-order valence-electron chi connectivity index (χ0n) is 10.2. The van der Waals surface area contributed by atoms with Gasteiger partial charge in [0.1, 0.15) is 6.33 Å². The Morgan fingerprint density at radius 3 is 3.05 bits per heavy atom. The lowest BCUT2D eigenvalue weighted by molar-refractivity contribution is 0.170. The first kappa shape index (κ1) is 11.8. The Bertz CT molecular complexity index is 683. The first-order valence-electron chi connectivity index (χ1n) is 5.62. The van der Waals surface area contributed by atoms with Crippen molar-refractivity contribution in [3.05, 3.63) is 11.9 Å². The molecule has 0 aromatic carbocycles. The number of methoxy groups -OCH3 is 1. The zero-order chi connectivity index (χ0) is 13.6. The summed E-state index contributed by atoms with van der Waals surface area (Å²) in [7, 11) is 1.46. The number of halogens is 1. The molecule has 2 aromatic heterocycles. The molecule has 0 radical (unpaired) electrons. The molecule has 0 saturated heterocycles. The molecule has 3 rings (SSSR count). The molecule has 8 heteroatoms. The fourth-order valence-corrected chi connectivity index (χ4v) is 1.89. The van der Waals surface area contributed by atoms with E-state index in [1.54, 1.807) is 10.8 Å². The highest BCUT2D eigenvalue weighted by Crippen LogP contribution is 2.46. The second-order valence-corrected chi connectivity index (χ2v) is 4.37. The number of alkyl halides is 1. The van der Waals surface area contributed by atoms with Gasteiger partial charge in [-0.05, 0) is 5.57 Å². The maximum absolute atomic E-state index is 13.7. The van der Waals surface area contributed by atoms with Gasteiger partial charge in [0.2, 0.25) is 11.8 Å². The third-order valence-electron chi connectivity index (χ3n) is 3.07. The molecule has 19 heavy (non-hydrogen) atoms. The van der Waals surface area contributed by atoms with Crippen molar-refractivity contribution in [2.24, 2.45) is 0 Å². The monoisotopic (exact) mass is 265 g/mol. The Hall–Kier alpha value is -2.22. The number of rotatable bonds is 3. The first-order valence-corrected chi connectivity index (χ1v) is 5.62. The van der Waals surface area contributed by atoms with Crippen molar-refractivity contribution in [2.45, 2.75) is 12.1 Å². The standard InChI is InChI=1S/C11H12FN5O2/c1-19-9-7-8(15-10(13)16-9)17(5-14-7)3-6-2-11(6,12)4-18/h3,5,18H,2,4H2,1H3,(H2,13,15,16)/b6-3-. The fourth-order valence-electron chi connectivity index (χ4n) is 1.89. The van der Waals surface area contributed by atoms with Gasteiger partial charge >= 0.3 is 0 Å². The van der Waals surface area contributed by atoms with Crippen LogP contribution in [0, 0.1) is 0 Å². The molecule has 7 nitrogen and oxygen atoms in total. The van der Waals surface area contributed by atoms with E-state index in [1.165, 1.54) is 13.4 Å². The van der Waals surface area contributed by atoms with Crippen LogP contribution < -0.4 is 10.5 Å². The normalized spacial score (nSPS) is 24.1. The maximum atomic E-state index is 13.7. The molecule has 1 aliphatic carbocycles. The second-order valence-electron chi connectivity index (χ2n) is 4.37. The summed E-state index contributed by atoms with van der Waals surface area (Å²) in [4.78, 5) is 12.1. The molecule has 1 aliphatic rings. The number of nitrogen functional groups attached to an aromatic ring is 1. The summed E-state index contributed by atoms with van der Waals surface area (Å²) < 4.78 is 20.3. The molecule has 1 fully saturated rings. The predicted octanol–water partition coefficient (Wildman–Crippen LogP) is 0.362. The number of nitrogens with two attached hydrogens (primary N) is 1. The van der Waals surface area contributed by atoms with E-state index in [2.05, 4.69) is 15.0 Å². The van der Waals surface area contributed by atoms with Crippen LogP contribution in [0.2, 0.25) is 0 Å². The van der Waals surface area contributed by atoms with Gasteiger partial charge in [0.05, 0.1) is 13.7 Å². The summed E-state index contributed by atoms with van der Waals surface area (Å²) in [6, 6.07) is 0. The Labute approximate surface area is 107 Å². The number of aliphatic hydroxyl groups is 1. The van der Waals surface area contributed by atoms with Gasteiger partial charge in [-0.2, -0.15) is 9.97 Å². The van der Waals surface area contributed by atoms with Crippen LogP contribution in [0.4, 0.5) is 10.3 Å². The topological polar surface area (TPSA) is 99.1 Å². The van der Waals surface area contributed by atoms with Crippen molar-refractivity contribution in [1.82, 2.24) is 19.5 Å². The van der Waals surface area contributed by atoms with E-state index >= 15 is 0 Å². The van der Waals surface area contributed by atoms with Gasteiger partial charge in [-0.15, -0.1) is 0 Å². The lowest BCUT2D eigenvalue weighted by Gasteiger charge is -2.01. The smallest absolute Gasteiger partial charge is 0.246 e. The Morgan fingerprint density at radius 2 is 2.42 bits per heavy atom. The van der Waals surface area contributed by atoms with E-state index in [1.807, 2.05) is 0 Å². The van der Waals surface area contributed by atoms with E-state index in [0.717, 1.165) is 0 Å². The Balaban J connectivity index is 2.09.